The van der Waals surface area contributed by atoms with Crippen LogP contribution in [0.1, 0.15) is 5.69 Å². The second-order valence-corrected chi connectivity index (χ2v) is 4.60. The van der Waals surface area contributed by atoms with Crippen LogP contribution in [-0.2, 0) is 4.74 Å². The van der Waals surface area contributed by atoms with Gasteiger partial charge in [-0.05, 0) is 21.0 Å². The summed E-state index contributed by atoms with van der Waals surface area (Å²) in [4.78, 5) is 10.5. The van der Waals surface area contributed by atoms with Crippen molar-refractivity contribution >= 4 is 11.6 Å². The molecular formula is C12H20N6O. The van der Waals surface area contributed by atoms with Gasteiger partial charge in [-0.25, -0.2) is 4.98 Å². The monoisotopic (exact) mass is 264 g/mol. The van der Waals surface area contributed by atoms with Gasteiger partial charge in [-0.15, -0.1) is 0 Å². The maximum atomic E-state index is 5.52. The topological polar surface area (TPSA) is 67.6 Å². The summed E-state index contributed by atoms with van der Waals surface area (Å²) in [6.07, 6.45) is 1.50. The molecule has 0 radical (unpaired) electrons. The number of likely N-dealkylation sites (N-methyl/N-ethyl adjacent to an activating group) is 1. The molecular weight excluding hydrogens is 244 g/mol. The van der Waals surface area contributed by atoms with E-state index in [0.717, 1.165) is 31.2 Å². The van der Waals surface area contributed by atoms with Gasteiger partial charge in [0, 0.05) is 24.8 Å². The first-order valence-electron chi connectivity index (χ1n) is 6.30. The maximum absolute atomic E-state index is 5.52. The standard InChI is InChI=1S/C12H20N6O/c1-10-8-11(18-12(16-10)14-9-15-18)13-4-6-19-7-5-17(2)3/h8-9,13H,4-7H2,1-3H3. The molecule has 7 nitrogen and oxygen atoms in total. The Morgan fingerprint density at radius 3 is 3.00 bits per heavy atom. The van der Waals surface area contributed by atoms with Crippen molar-refractivity contribution in [3.8, 4) is 0 Å². The molecule has 0 bridgehead atoms. The normalized spacial score (nSPS) is 11.4. The zero-order valence-electron chi connectivity index (χ0n) is 11.6. The molecule has 0 aliphatic carbocycles. The van der Waals surface area contributed by atoms with Crippen LogP contribution in [0.3, 0.4) is 0 Å². The Balaban J connectivity index is 1.83. The van der Waals surface area contributed by atoms with Crippen LogP contribution in [0.15, 0.2) is 12.4 Å². The predicted molar refractivity (Wildman–Crippen MR) is 73.4 cm³/mol. The Morgan fingerprint density at radius 1 is 1.37 bits per heavy atom. The highest BCUT2D eigenvalue weighted by molar-refractivity contribution is 5.44. The molecule has 104 valence electrons. The Morgan fingerprint density at radius 2 is 2.21 bits per heavy atom. The largest absolute Gasteiger partial charge is 0.378 e. The van der Waals surface area contributed by atoms with Gasteiger partial charge in [-0.2, -0.15) is 14.6 Å². The van der Waals surface area contributed by atoms with Crippen LogP contribution >= 0.6 is 0 Å². The summed E-state index contributed by atoms with van der Waals surface area (Å²) in [5.74, 6) is 1.49. The maximum Gasteiger partial charge on any atom is 0.254 e. The van der Waals surface area contributed by atoms with Gasteiger partial charge in [0.1, 0.15) is 12.1 Å². The lowest BCUT2D eigenvalue weighted by molar-refractivity contribution is 0.126. The van der Waals surface area contributed by atoms with Crippen LogP contribution in [0.4, 0.5) is 5.82 Å². The molecule has 0 aliphatic heterocycles. The number of hydrogen-bond acceptors (Lipinski definition) is 6. The van der Waals surface area contributed by atoms with Gasteiger partial charge in [0.25, 0.3) is 5.78 Å². The fourth-order valence-electron chi connectivity index (χ4n) is 1.66. The number of ether oxygens (including phenoxy) is 1. The van der Waals surface area contributed by atoms with Crippen LogP contribution in [0.5, 0.6) is 0 Å². The first kappa shape index (κ1) is 13.7. The quantitative estimate of drug-likeness (QED) is 0.731. The third-order valence-corrected chi connectivity index (χ3v) is 2.62. The highest BCUT2D eigenvalue weighted by atomic mass is 16.5. The lowest BCUT2D eigenvalue weighted by Crippen LogP contribution is -2.20. The van der Waals surface area contributed by atoms with E-state index >= 15 is 0 Å². The third kappa shape index (κ3) is 3.87. The van der Waals surface area contributed by atoms with Crippen LogP contribution in [0, 0.1) is 6.92 Å². The molecule has 2 rings (SSSR count). The average molecular weight is 264 g/mol. The van der Waals surface area contributed by atoms with Crippen molar-refractivity contribution in [1.29, 1.82) is 0 Å². The second kappa shape index (κ2) is 6.44. The van der Waals surface area contributed by atoms with Crippen LogP contribution in [-0.4, -0.2) is 64.9 Å². The lowest BCUT2D eigenvalue weighted by Gasteiger charge is -2.11. The minimum absolute atomic E-state index is 0.607. The Kier molecular flexibility index (Phi) is 4.64. The number of rotatable bonds is 7. The van der Waals surface area contributed by atoms with E-state index in [9.17, 15) is 0 Å². The summed E-state index contributed by atoms with van der Waals surface area (Å²) < 4.78 is 7.21. The number of aryl methyl sites for hydroxylation is 1. The molecule has 0 unspecified atom stereocenters. The van der Waals surface area contributed by atoms with Gasteiger partial charge in [0.05, 0.1) is 13.2 Å². The summed E-state index contributed by atoms with van der Waals surface area (Å²) in [7, 11) is 4.06. The zero-order chi connectivity index (χ0) is 13.7. The Bertz CT molecular complexity index is 524. The third-order valence-electron chi connectivity index (χ3n) is 2.62. The number of fused-ring (bicyclic) bond motifs is 1. The minimum Gasteiger partial charge on any atom is -0.378 e. The Hall–Kier alpha value is -1.73. The highest BCUT2D eigenvalue weighted by Crippen LogP contribution is 2.09. The molecule has 0 fully saturated rings. The summed E-state index contributed by atoms with van der Waals surface area (Å²) in [6.45, 7) is 5.00. The van der Waals surface area contributed by atoms with Crippen molar-refractivity contribution in [2.45, 2.75) is 6.92 Å². The van der Waals surface area contributed by atoms with Gasteiger partial charge in [0.2, 0.25) is 0 Å². The molecule has 0 saturated carbocycles. The molecule has 19 heavy (non-hydrogen) atoms. The van der Waals surface area contributed by atoms with E-state index in [0.29, 0.717) is 12.4 Å². The van der Waals surface area contributed by atoms with Gasteiger partial charge >= 0.3 is 0 Å². The van der Waals surface area contributed by atoms with E-state index in [-0.39, 0.29) is 0 Å². The number of hydrogen-bond donors (Lipinski definition) is 1. The number of aromatic nitrogens is 4. The SMILES string of the molecule is Cc1cc(NCCOCCN(C)C)n2ncnc2n1. The van der Waals surface area contributed by atoms with Gasteiger partial charge in [-0.1, -0.05) is 0 Å². The summed E-state index contributed by atoms with van der Waals surface area (Å²) in [6, 6.07) is 1.95. The molecule has 0 atom stereocenters. The van der Waals surface area contributed by atoms with E-state index in [1.807, 2.05) is 27.1 Å². The van der Waals surface area contributed by atoms with Crippen molar-refractivity contribution in [2.24, 2.45) is 0 Å². The highest BCUT2D eigenvalue weighted by Gasteiger charge is 2.04. The smallest absolute Gasteiger partial charge is 0.254 e. The van der Waals surface area contributed by atoms with Crippen LogP contribution in [0.2, 0.25) is 0 Å². The summed E-state index contributed by atoms with van der Waals surface area (Å²) in [5, 5.41) is 7.42. The summed E-state index contributed by atoms with van der Waals surface area (Å²) >= 11 is 0. The lowest BCUT2D eigenvalue weighted by atomic mass is 10.4. The van der Waals surface area contributed by atoms with Crippen molar-refractivity contribution < 1.29 is 4.74 Å². The molecule has 0 amide bonds. The molecule has 0 spiro atoms. The average Bonchev–Trinajstić information content (AvgIpc) is 2.80. The van der Waals surface area contributed by atoms with Crippen LogP contribution in [0.25, 0.3) is 5.78 Å². The molecule has 2 aromatic rings. The fourth-order valence-corrected chi connectivity index (χ4v) is 1.66. The van der Waals surface area contributed by atoms with Crippen molar-refractivity contribution in [1.82, 2.24) is 24.5 Å². The molecule has 0 aromatic carbocycles. The van der Waals surface area contributed by atoms with E-state index in [4.69, 9.17) is 4.74 Å². The van der Waals surface area contributed by atoms with E-state index in [1.165, 1.54) is 6.33 Å². The van der Waals surface area contributed by atoms with Gasteiger partial charge in [0.15, 0.2) is 0 Å². The van der Waals surface area contributed by atoms with Crippen molar-refractivity contribution in [3.05, 3.63) is 18.1 Å². The zero-order valence-corrected chi connectivity index (χ0v) is 11.6. The van der Waals surface area contributed by atoms with Crippen molar-refractivity contribution in [3.63, 3.8) is 0 Å². The number of nitrogens with one attached hydrogen (secondary N) is 1. The molecule has 2 aromatic heterocycles. The van der Waals surface area contributed by atoms with Gasteiger partial charge in [-0.3, -0.25) is 0 Å². The predicted octanol–water partition coefficient (Wildman–Crippen LogP) is 0.423. The van der Waals surface area contributed by atoms with E-state index in [2.05, 4.69) is 25.3 Å². The van der Waals surface area contributed by atoms with Crippen LogP contribution < -0.4 is 5.32 Å². The molecule has 1 N–H and O–H groups in total. The first-order chi connectivity index (χ1) is 9.16. The Labute approximate surface area is 112 Å². The fraction of sp³-hybridized carbons (Fsp3) is 0.583. The molecule has 0 saturated heterocycles. The molecule has 2 heterocycles. The first-order valence-corrected chi connectivity index (χ1v) is 6.30. The minimum atomic E-state index is 0.607. The number of nitrogens with zero attached hydrogens (tertiary/aromatic N) is 5. The van der Waals surface area contributed by atoms with E-state index in [1.54, 1.807) is 4.52 Å². The second-order valence-electron chi connectivity index (χ2n) is 4.60. The van der Waals surface area contributed by atoms with E-state index < -0.39 is 0 Å². The van der Waals surface area contributed by atoms with Crippen molar-refractivity contribution in [2.75, 3.05) is 45.7 Å². The van der Waals surface area contributed by atoms with Gasteiger partial charge < -0.3 is 15.0 Å². The number of anilines is 1. The molecule has 0 aliphatic rings. The molecule has 7 heteroatoms. The summed E-state index contributed by atoms with van der Waals surface area (Å²) in [5.41, 5.74) is 0.913.